The summed E-state index contributed by atoms with van der Waals surface area (Å²) in [7, 11) is 0. The maximum atomic E-state index is 12.9. The third-order valence-electron chi connectivity index (χ3n) is 5.26. The number of carbonyl (C=O) groups is 3. The first kappa shape index (κ1) is 26.0. The van der Waals surface area contributed by atoms with Crippen LogP contribution >= 0.6 is 23.2 Å². The molecule has 1 aliphatic heterocycles. The number of benzene rings is 1. The molecular weight excluding hydrogens is 451 g/mol. The zero-order valence-electron chi connectivity index (χ0n) is 18.6. The second-order valence-electron chi connectivity index (χ2n) is 9.32. The van der Waals surface area contributed by atoms with Crippen molar-refractivity contribution < 1.29 is 14.4 Å². The number of hydrogen-bond donors (Lipinski definition) is 3. The molecule has 7 nitrogen and oxygen atoms in total. The zero-order chi connectivity index (χ0) is 23.9. The second kappa shape index (κ2) is 11.5. The van der Waals surface area contributed by atoms with Gasteiger partial charge in [-0.2, -0.15) is 5.26 Å². The molecule has 174 valence electrons. The lowest BCUT2D eigenvalue weighted by Crippen LogP contribution is -2.51. The largest absolute Gasteiger partial charge is 0.356 e. The molecule has 1 aromatic carbocycles. The Bertz CT molecular complexity index is 892. The van der Waals surface area contributed by atoms with Gasteiger partial charge in [-0.1, -0.05) is 50.0 Å². The van der Waals surface area contributed by atoms with Crippen LogP contribution in [0.1, 0.15) is 52.0 Å². The quantitative estimate of drug-likeness (QED) is 0.502. The standard InChI is InChI=1S/C23H30Cl2N4O3/c1-23(2,3)12-19(22(32)28-17(13-26)10-15-8-9-27-21(15)31)29-20(30)7-5-14-4-6-16(24)11-18(14)25/h4,6,11,15,17,19H,5,7-10,12H2,1-3H3,(H,27,31)(H,28,32)(H,29,30)/t15-,17?,19-/m0/s1. The molecule has 0 saturated carbocycles. The fourth-order valence-corrected chi connectivity index (χ4v) is 4.13. The van der Waals surface area contributed by atoms with Crippen LogP contribution in [0.4, 0.5) is 0 Å². The molecule has 3 atom stereocenters. The number of halogens is 2. The Morgan fingerprint density at radius 3 is 2.56 bits per heavy atom. The molecule has 0 aliphatic carbocycles. The van der Waals surface area contributed by atoms with Gasteiger partial charge >= 0.3 is 0 Å². The predicted octanol–water partition coefficient (Wildman–Crippen LogP) is 3.38. The summed E-state index contributed by atoms with van der Waals surface area (Å²) in [6, 6.07) is 5.57. The van der Waals surface area contributed by atoms with Gasteiger partial charge in [-0.15, -0.1) is 0 Å². The molecule has 1 unspecified atom stereocenters. The molecular formula is C23H30Cl2N4O3. The van der Waals surface area contributed by atoms with Crippen LogP contribution in [-0.4, -0.2) is 36.3 Å². The van der Waals surface area contributed by atoms with Gasteiger partial charge in [0.2, 0.25) is 17.7 Å². The number of nitrogens with one attached hydrogen (secondary N) is 3. The summed E-state index contributed by atoms with van der Waals surface area (Å²) in [4.78, 5) is 37.3. The van der Waals surface area contributed by atoms with Crippen LogP contribution in [0.25, 0.3) is 0 Å². The van der Waals surface area contributed by atoms with Gasteiger partial charge in [0.25, 0.3) is 0 Å². The molecule has 1 saturated heterocycles. The molecule has 3 amide bonds. The zero-order valence-corrected chi connectivity index (χ0v) is 20.1. The van der Waals surface area contributed by atoms with E-state index in [-0.39, 0.29) is 36.0 Å². The summed E-state index contributed by atoms with van der Waals surface area (Å²) in [6.45, 7) is 6.49. The van der Waals surface area contributed by atoms with Gasteiger partial charge < -0.3 is 16.0 Å². The summed E-state index contributed by atoms with van der Waals surface area (Å²) < 4.78 is 0. The fraction of sp³-hybridized carbons (Fsp3) is 0.565. The molecule has 1 aliphatic rings. The Balaban J connectivity index is 1.99. The van der Waals surface area contributed by atoms with E-state index < -0.39 is 18.0 Å². The molecule has 3 N–H and O–H groups in total. The molecule has 0 bridgehead atoms. The number of nitrogens with zero attached hydrogens (tertiary/aromatic N) is 1. The van der Waals surface area contributed by atoms with Crippen LogP contribution in [0.5, 0.6) is 0 Å². The third-order valence-corrected chi connectivity index (χ3v) is 5.85. The molecule has 0 aromatic heterocycles. The van der Waals surface area contributed by atoms with E-state index in [0.717, 1.165) is 5.56 Å². The minimum atomic E-state index is -0.802. The molecule has 9 heteroatoms. The van der Waals surface area contributed by atoms with Crippen molar-refractivity contribution in [1.82, 2.24) is 16.0 Å². The maximum absolute atomic E-state index is 12.9. The van der Waals surface area contributed by atoms with E-state index in [1.165, 1.54) is 0 Å². The van der Waals surface area contributed by atoms with Crippen LogP contribution in [0.2, 0.25) is 10.0 Å². The van der Waals surface area contributed by atoms with E-state index in [4.69, 9.17) is 23.2 Å². The Morgan fingerprint density at radius 2 is 2.00 bits per heavy atom. The van der Waals surface area contributed by atoms with Gasteiger partial charge in [0, 0.05) is 28.9 Å². The van der Waals surface area contributed by atoms with Crippen LogP contribution in [-0.2, 0) is 20.8 Å². The smallest absolute Gasteiger partial charge is 0.243 e. The van der Waals surface area contributed by atoms with E-state index in [9.17, 15) is 19.6 Å². The Hall–Kier alpha value is -2.30. The molecule has 32 heavy (non-hydrogen) atoms. The van der Waals surface area contributed by atoms with Crippen molar-refractivity contribution in [3.63, 3.8) is 0 Å². The predicted molar refractivity (Wildman–Crippen MR) is 124 cm³/mol. The SMILES string of the molecule is CC(C)(C)C[C@H](NC(=O)CCc1ccc(Cl)cc1Cl)C(=O)NC(C#N)C[C@@H]1CCNC1=O. The van der Waals surface area contributed by atoms with Gasteiger partial charge in [0.05, 0.1) is 6.07 Å². The molecule has 1 fully saturated rings. The fourth-order valence-electron chi connectivity index (χ4n) is 3.63. The summed E-state index contributed by atoms with van der Waals surface area (Å²) >= 11 is 12.1. The highest BCUT2D eigenvalue weighted by Gasteiger charge is 2.31. The average Bonchev–Trinajstić information content (AvgIpc) is 3.09. The molecule has 0 radical (unpaired) electrons. The summed E-state index contributed by atoms with van der Waals surface area (Å²) in [6.07, 6.45) is 1.85. The first-order valence-electron chi connectivity index (χ1n) is 10.7. The first-order valence-corrected chi connectivity index (χ1v) is 11.4. The Labute approximate surface area is 199 Å². The lowest BCUT2D eigenvalue weighted by molar-refractivity contribution is -0.130. The number of aryl methyl sites for hydroxylation is 1. The normalized spacial score (nSPS) is 17.8. The monoisotopic (exact) mass is 480 g/mol. The Kier molecular flexibility index (Phi) is 9.35. The Morgan fingerprint density at radius 1 is 1.28 bits per heavy atom. The lowest BCUT2D eigenvalue weighted by atomic mass is 9.87. The number of carbonyl (C=O) groups excluding carboxylic acids is 3. The first-order chi connectivity index (χ1) is 15.0. The number of rotatable bonds is 9. The van der Waals surface area contributed by atoms with Gasteiger partial charge in [-0.05, 0) is 48.8 Å². The maximum Gasteiger partial charge on any atom is 0.243 e. The lowest BCUT2D eigenvalue weighted by Gasteiger charge is -2.27. The second-order valence-corrected chi connectivity index (χ2v) is 10.2. The van der Waals surface area contributed by atoms with Crippen molar-refractivity contribution in [2.75, 3.05) is 6.54 Å². The number of amides is 3. The van der Waals surface area contributed by atoms with Gasteiger partial charge in [0.15, 0.2) is 0 Å². The van der Waals surface area contributed by atoms with Crippen molar-refractivity contribution in [1.29, 1.82) is 5.26 Å². The van der Waals surface area contributed by atoms with Crippen molar-refractivity contribution in [2.24, 2.45) is 11.3 Å². The highest BCUT2D eigenvalue weighted by molar-refractivity contribution is 6.35. The van der Waals surface area contributed by atoms with E-state index in [0.29, 0.717) is 35.9 Å². The van der Waals surface area contributed by atoms with Crippen molar-refractivity contribution in [2.45, 2.75) is 65.0 Å². The minimum Gasteiger partial charge on any atom is -0.356 e. The van der Waals surface area contributed by atoms with Crippen LogP contribution < -0.4 is 16.0 Å². The summed E-state index contributed by atoms with van der Waals surface area (Å²) in [5, 5.41) is 18.7. The summed E-state index contributed by atoms with van der Waals surface area (Å²) in [5.41, 5.74) is 0.560. The molecule has 2 rings (SSSR count). The molecule has 1 aromatic rings. The molecule has 1 heterocycles. The van der Waals surface area contributed by atoms with Crippen LogP contribution in [0.15, 0.2) is 18.2 Å². The van der Waals surface area contributed by atoms with Crippen LogP contribution in [0, 0.1) is 22.7 Å². The molecule has 0 spiro atoms. The van der Waals surface area contributed by atoms with Crippen LogP contribution in [0.3, 0.4) is 0 Å². The van der Waals surface area contributed by atoms with Gasteiger partial charge in [-0.25, -0.2) is 0 Å². The van der Waals surface area contributed by atoms with Crippen molar-refractivity contribution in [3.05, 3.63) is 33.8 Å². The highest BCUT2D eigenvalue weighted by Crippen LogP contribution is 2.23. The minimum absolute atomic E-state index is 0.0973. The average molecular weight is 481 g/mol. The number of hydrogen-bond acceptors (Lipinski definition) is 4. The van der Waals surface area contributed by atoms with E-state index in [1.54, 1.807) is 18.2 Å². The van der Waals surface area contributed by atoms with E-state index in [1.807, 2.05) is 20.8 Å². The van der Waals surface area contributed by atoms with E-state index in [2.05, 4.69) is 22.0 Å². The third kappa shape index (κ3) is 8.33. The van der Waals surface area contributed by atoms with E-state index >= 15 is 0 Å². The number of nitriles is 1. The topological polar surface area (TPSA) is 111 Å². The van der Waals surface area contributed by atoms with Gasteiger partial charge in [0.1, 0.15) is 12.1 Å². The van der Waals surface area contributed by atoms with Gasteiger partial charge in [-0.3, -0.25) is 14.4 Å². The van der Waals surface area contributed by atoms with Crippen molar-refractivity contribution >= 4 is 40.9 Å². The van der Waals surface area contributed by atoms with Crippen molar-refractivity contribution in [3.8, 4) is 6.07 Å². The summed E-state index contributed by atoms with van der Waals surface area (Å²) in [5.74, 6) is -1.11. The highest BCUT2D eigenvalue weighted by atomic mass is 35.5.